The lowest BCUT2D eigenvalue weighted by Gasteiger charge is -2.07. The highest BCUT2D eigenvalue weighted by atomic mass is 32.2. The van der Waals surface area contributed by atoms with Gasteiger partial charge in [0.2, 0.25) is 10.0 Å². The summed E-state index contributed by atoms with van der Waals surface area (Å²) in [6.07, 6.45) is 3.45. The van der Waals surface area contributed by atoms with Crippen molar-refractivity contribution >= 4 is 21.1 Å². The lowest BCUT2D eigenvalue weighted by molar-refractivity contribution is 0.597. The van der Waals surface area contributed by atoms with Crippen molar-refractivity contribution in [2.75, 3.05) is 0 Å². The summed E-state index contributed by atoms with van der Waals surface area (Å²) >= 11 is 0. The minimum Gasteiger partial charge on any atom is -0.324 e. The van der Waals surface area contributed by atoms with E-state index in [2.05, 4.69) is 14.5 Å². The lowest BCUT2D eigenvalue weighted by Crippen LogP contribution is -2.12. The van der Waals surface area contributed by atoms with E-state index in [0.29, 0.717) is 6.54 Å². The topological polar surface area (TPSA) is 90.9 Å². The number of fused-ring (bicyclic) bond motifs is 1. The van der Waals surface area contributed by atoms with Crippen molar-refractivity contribution in [3.8, 4) is 0 Å². The van der Waals surface area contributed by atoms with E-state index in [1.807, 2.05) is 13.0 Å². The van der Waals surface area contributed by atoms with Crippen molar-refractivity contribution in [1.29, 1.82) is 0 Å². The Bertz CT molecular complexity index is 898. The molecule has 0 unspecified atom stereocenters. The molecular formula is C14H14N4O2S. The Morgan fingerprint density at radius 3 is 2.57 bits per heavy atom. The number of sulfonamides is 1. The molecule has 0 amide bonds. The molecule has 2 heterocycles. The van der Waals surface area contributed by atoms with Gasteiger partial charge in [0.05, 0.1) is 16.6 Å². The van der Waals surface area contributed by atoms with Gasteiger partial charge in [0.15, 0.2) is 0 Å². The Labute approximate surface area is 122 Å². The number of nitrogens with two attached hydrogens (primary N) is 1. The zero-order chi connectivity index (χ0) is 15.0. The fourth-order valence-electron chi connectivity index (χ4n) is 2.27. The minimum atomic E-state index is -3.65. The third-order valence-corrected chi connectivity index (χ3v) is 4.26. The average molecular weight is 302 g/mol. The van der Waals surface area contributed by atoms with Crippen LogP contribution in [0.3, 0.4) is 0 Å². The predicted octanol–water partition coefficient (Wildman–Crippen LogP) is 1.44. The van der Waals surface area contributed by atoms with E-state index in [1.54, 1.807) is 24.5 Å². The van der Waals surface area contributed by atoms with Crippen molar-refractivity contribution < 1.29 is 8.42 Å². The van der Waals surface area contributed by atoms with Gasteiger partial charge in [-0.3, -0.25) is 4.98 Å². The summed E-state index contributed by atoms with van der Waals surface area (Å²) in [5.74, 6) is 0.883. The SMILES string of the molecule is Cc1nc2cnccc2n1Cc1ccc(S(N)(=O)=O)cc1. The lowest BCUT2D eigenvalue weighted by atomic mass is 10.2. The monoisotopic (exact) mass is 302 g/mol. The predicted molar refractivity (Wildman–Crippen MR) is 79.2 cm³/mol. The maximum atomic E-state index is 11.2. The highest BCUT2D eigenvalue weighted by molar-refractivity contribution is 7.89. The van der Waals surface area contributed by atoms with E-state index in [9.17, 15) is 8.42 Å². The van der Waals surface area contributed by atoms with Gasteiger partial charge in [-0.05, 0) is 30.7 Å². The number of imidazole rings is 1. The first kappa shape index (κ1) is 13.7. The van der Waals surface area contributed by atoms with Gasteiger partial charge in [-0.1, -0.05) is 12.1 Å². The van der Waals surface area contributed by atoms with Gasteiger partial charge in [0.1, 0.15) is 11.3 Å². The molecule has 0 bridgehead atoms. The Morgan fingerprint density at radius 1 is 1.19 bits per heavy atom. The molecule has 2 aromatic heterocycles. The molecule has 1 aromatic carbocycles. The fourth-order valence-corrected chi connectivity index (χ4v) is 2.78. The van der Waals surface area contributed by atoms with Crippen LogP contribution in [0.5, 0.6) is 0 Å². The van der Waals surface area contributed by atoms with E-state index in [1.165, 1.54) is 12.1 Å². The van der Waals surface area contributed by atoms with Crippen LogP contribution >= 0.6 is 0 Å². The molecule has 3 aromatic rings. The van der Waals surface area contributed by atoms with E-state index in [-0.39, 0.29) is 4.90 Å². The third kappa shape index (κ3) is 2.65. The Balaban J connectivity index is 1.97. The minimum absolute atomic E-state index is 0.114. The summed E-state index contributed by atoms with van der Waals surface area (Å²) in [6, 6.07) is 8.45. The normalized spacial score (nSPS) is 11.9. The Kier molecular flexibility index (Phi) is 3.23. The number of aromatic nitrogens is 3. The molecule has 108 valence electrons. The van der Waals surface area contributed by atoms with E-state index in [4.69, 9.17) is 5.14 Å². The van der Waals surface area contributed by atoms with Gasteiger partial charge in [0.25, 0.3) is 0 Å². The van der Waals surface area contributed by atoms with Crippen LogP contribution in [0.2, 0.25) is 0 Å². The number of rotatable bonds is 3. The molecule has 0 aliphatic carbocycles. The molecule has 0 aliphatic heterocycles. The number of hydrogen-bond acceptors (Lipinski definition) is 4. The molecule has 0 fully saturated rings. The zero-order valence-electron chi connectivity index (χ0n) is 11.4. The van der Waals surface area contributed by atoms with Crippen LogP contribution < -0.4 is 5.14 Å². The molecule has 0 radical (unpaired) electrons. The van der Waals surface area contributed by atoms with Crippen LogP contribution in [0.4, 0.5) is 0 Å². The van der Waals surface area contributed by atoms with Crippen LogP contribution in [0, 0.1) is 6.92 Å². The zero-order valence-corrected chi connectivity index (χ0v) is 12.2. The van der Waals surface area contributed by atoms with E-state index >= 15 is 0 Å². The van der Waals surface area contributed by atoms with Crippen LogP contribution in [-0.2, 0) is 16.6 Å². The summed E-state index contributed by atoms with van der Waals surface area (Å²) in [5.41, 5.74) is 2.82. The van der Waals surface area contributed by atoms with Crippen LogP contribution in [0.15, 0.2) is 47.6 Å². The maximum Gasteiger partial charge on any atom is 0.238 e. The van der Waals surface area contributed by atoms with Crippen molar-refractivity contribution in [1.82, 2.24) is 14.5 Å². The number of pyridine rings is 1. The van der Waals surface area contributed by atoms with Crippen LogP contribution in [-0.4, -0.2) is 23.0 Å². The van der Waals surface area contributed by atoms with Crippen molar-refractivity contribution in [3.05, 3.63) is 54.1 Å². The molecule has 3 rings (SSSR count). The summed E-state index contributed by atoms with van der Waals surface area (Å²) in [5, 5.41) is 5.09. The first-order valence-corrected chi connectivity index (χ1v) is 7.88. The molecule has 0 saturated heterocycles. The molecule has 6 nitrogen and oxygen atoms in total. The summed E-state index contributed by atoms with van der Waals surface area (Å²) in [6.45, 7) is 2.54. The van der Waals surface area contributed by atoms with Crippen LogP contribution in [0.1, 0.15) is 11.4 Å². The third-order valence-electron chi connectivity index (χ3n) is 3.33. The first-order valence-electron chi connectivity index (χ1n) is 6.34. The average Bonchev–Trinajstić information content (AvgIpc) is 2.75. The van der Waals surface area contributed by atoms with Gasteiger partial charge in [-0.15, -0.1) is 0 Å². The molecule has 21 heavy (non-hydrogen) atoms. The first-order chi connectivity index (χ1) is 9.95. The second-order valence-electron chi connectivity index (χ2n) is 4.80. The highest BCUT2D eigenvalue weighted by Crippen LogP contribution is 2.17. The smallest absolute Gasteiger partial charge is 0.238 e. The number of hydrogen-bond donors (Lipinski definition) is 1. The molecule has 0 aliphatic rings. The molecule has 0 spiro atoms. The summed E-state index contributed by atoms with van der Waals surface area (Å²) in [4.78, 5) is 8.62. The van der Waals surface area contributed by atoms with Crippen molar-refractivity contribution in [2.24, 2.45) is 5.14 Å². The Morgan fingerprint density at radius 2 is 1.90 bits per heavy atom. The summed E-state index contributed by atoms with van der Waals surface area (Å²) in [7, 11) is -3.65. The highest BCUT2D eigenvalue weighted by Gasteiger charge is 2.09. The molecule has 0 atom stereocenters. The standard InChI is InChI=1S/C14H14N4O2S/c1-10-17-13-8-16-7-6-14(13)18(10)9-11-2-4-12(5-3-11)21(15,19)20/h2-8H,9H2,1H3,(H2,15,19,20). The van der Waals surface area contributed by atoms with Gasteiger partial charge in [-0.2, -0.15) is 0 Å². The number of aryl methyl sites for hydroxylation is 1. The van der Waals surface area contributed by atoms with Gasteiger partial charge < -0.3 is 4.57 Å². The number of primary sulfonamides is 1. The number of benzene rings is 1. The van der Waals surface area contributed by atoms with Gasteiger partial charge in [0, 0.05) is 12.7 Å². The van der Waals surface area contributed by atoms with Gasteiger partial charge in [-0.25, -0.2) is 18.5 Å². The van der Waals surface area contributed by atoms with E-state index < -0.39 is 10.0 Å². The van der Waals surface area contributed by atoms with E-state index in [0.717, 1.165) is 22.4 Å². The quantitative estimate of drug-likeness (QED) is 0.792. The summed E-state index contributed by atoms with van der Waals surface area (Å²) < 4.78 is 24.5. The van der Waals surface area contributed by atoms with Crippen molar-refractivity contribution in [3.63, 3.8) is 0 Å². The second kappa shape index (κ2) is 4.94. The second-order valence-corrected chi connectivity index (χ2v) is 6.36. The van der Waals surface area contributed by atoms with Crippen LogP contribution in [0.25, 0.3) is 11.0 Å². The molecule has 0 saturated carbocycles. The molecular weight excluding hydrogens is 288 g/mol. The largest absolute Gasteiger partial charge is 0.324 e. The Hall–Kier alpha value is -2.25. The van der Waals surface area contributed by atoms with Gasteiger partial charge >= 0.3 is 0 Å². The number of nitrogens with zero attached hydrogens (tertiary/aromatic N) is 3. The van der Waals surface area contributed by atoms with Crippen molar-refractivity contribution in [2.45, 2.75) is 18.4 Å². The fraction of sp³-hybridized carbons (Fsp3) is 0.143. The molecule has 7 heteroatoms. The maximum absolute atomic E-state index is 11.2. The molecule has 2 N–H and O–H groups in total.